The van der Waals surface area contributed by atoms with Crippen molar-refractivity contribution < 1.29 is 8.42 Å². The third kappa shape index (κ3) is 3.28. The molecule has 0 aromatic heterocycles. The van der Waals surface area contributed by atoms with Crippen LogP contribution in [0.2, 0.25) is 0 Å². The largest absolute Gasteiger partial charge is 0.241 e. The Labute approximate surface area is 100 Å². The van der Waals surface area contributed by atoms with E-state index in [1.807, 2.05) is 12.1 Å². The first-order valence-corrected chi connectivity index (χ1v) is 6.44. The van der Waals surface area contributed by atoms with Gasteiger partial charge in [-0.3, -0.25) is 0 Å². The molecule has 0 aliphatic rings. The van der Waals surface area contributed by atoms with Gasteiger partial charge in [0.05, 0.1) is 22.6 Å². The Hall–Kier alpha value is -1.89. The Kier molecular flexibility index (Phi) is 4.22. The van der Waals surface area contributed by atoms with E-state index in [4.69, 9.17) is 10.5 Å². The van der Waals surface area contributed by atoms with E-state index in [2.05, 4.69) is 4.72 Å². The van der Waals surface area contributed by atoms with Gasteiger partial charge < -0.3 is 0 Å². The van der Waals surface area contributed by atoms with E-state index >= 15 is 0 Å². The van der Waals surface area contributed by atoms with Gasteiger partial charge in [-0.05, 0) is 24.6 Å². The quantitative estimate of drug-likeness (QED) is 0.865. The molecule has 0 radical (unpaired) electrons. The molecule has 1 aromatic rings. The van der Waals surface area contributed by atoms with Crippen LogP contribution in [-0.4, -0.2) is 14.5 Å². The molecule has 5 nitrogen and oxygen atoms in total. The van der Waals surface area contributed by atoms with Gasteiger partial charge in [0.1, 0.15) is 6.04 Å². The topological polar surface area (TPSA) is 93.8 Å². The number of rotatable bonds is 4. The van der Waals surface area contributed by atoms with E-state index in [9.17, 15) is 8.42 Å². The van der Waals surface area contributed by atoms with Crippen LogP contribution < -0.4 is 4.72 Å². The second-order valence-corrected chi connectivity index (χ2v) is 5.06. The van der Waals surface area contributed by atoms with Gasteiger partial charge in [-0.1, -0.05) is 13.0 Å². The van der Waals surface area contributed by atoms with Crippen LogP contribution in [0.1, 0.15) is 18.9 Å². The maximum Gasteiger partial charge on any atom is 0.241 e. The maximum absolute atomic E-state index is 11.9. The zero-order valence-corrected chi connectivity index (χ0v) is 10.0. The first-order chi connectivity index (χ1) is 8.03. The molecular formula is C11H11N3O2S. The minimum Gasteiger partial charge on any atom is -0.207 e. The van der Waals surface area contributed by atoms with Crippen LogP contribution in [0.25, 0.3) is 0 Å². The van der Waals surface area contributed by atoms with Crippen LogP contribution in [0, 0.1) is 22.7 Å². The van der Waals surface area contributed by atoms with Crippen molar-refractivity contribution in [3.63, 3.8) is 0 Å². The van der Waals surface area contributed by atoms with Gasteiger partial charge in [-0.2, -0.15) is 15.2 Å². The van der Waals surface area contributed by atoms with E-state index in [1.165, 1.54) is 24.3 Å². The van der Waals surface area contributed by atoms with Crippen molar-refractivity contribution in [2.75, 3.05) is 0 Å². The summed E-state index contributed by atoms with van der Waals surface area (Å²) < 4.78 is 26.0. The van der Waals surface area contributed by atoms with Crippen LogP contribution in [0.5, 0.6) is 0 Å². The molecule has 0 saturated carbocycles. The number of sulfonamides is 1. The predicted molar refractivity (Wildman–Crippen MR) is 61.2 cm³/mol. The summed E-state index contributed by atoms with van der Waals surface area (Å²) >= 11 is 0. The number of hydrogen-bond acceptors (Lipinski definition) is 4. The fourth-order valence-corrected chi connectivity index (χ4v) is 2.46. The van der Waals surface area contributed by atoms with Crippen LogP contribution in [0.4, 0.5) is 0 Å². The van der Waals surface area contributed by atoms with Crippen molar-refractivity contribution in [2.45, 2.75) is 24.3 Å². The first kappa shape index (κ1) is 13.2. The van der Waals surface area contributed by atoms with Gasteiger partial charge in [0.2, 0.25) is 10.0 Å². The molecule has 0 aliphatic carbocycles. The number of nitrogens with zero attached hydrogens (tertiary/aromatic N) is 2. The minimum atomic E-state index is -3.74. The molecule has 0 heterocycles. The monoisotopic (exact) mass is 249 g/mol. The fraction of sp³-hybridized carbons (Fsp3) is 0.273. The van der Waals surface area contributed by atoms with E-state index in [0.29, 0.717) is 6.42 Å². The highest BCUT2D eigenvalue weighted by Crippen LogP contribution is 2.11. The van der Waals surface area contributed by atoms with Gasteiger partial charge in [-0.25, -0.2) is 8.42 Å². The molecule has 17 heavy (non-hydrogen) atoms. The molecule has 0 amide bonds. The molecule has 0 aliphatic heterocycles. The van der Waals surface area contributed by atoms with Crippen molar-refractivity contribution in [3.05, 3.63) is 29.8 Å². The van der Waals surface area contributed by atoms with Gasteiger partial charge in [-0.15, -0.1) is 0 Å². The van der Waals surface area contributed by atoms with Gasteiger partial charge in [0.15, 0.2) is 0 Å². The highest BCUT2D eigenvalue weighted by molar-refractivity contribution is 7.89. The summed E-state index contributed by atoms with van der Waals surface area (Å²) in [4.78, 5) is -0.00903. The predicted octanol–water partition coefficient (Wildman–Crippen LogP) is 1.14. The number of benzene rings is 1. The van der Waals surface area contributed by atoms with Gasteiger partial charge in [0.25, 0.3) is 0 Å². The van der Waals surface area contributed by atoms with Crippen LogP contribution in [0.3, 0.4) is 0 Å². The molecule has 1 unspecified atom stereocenters. The average Bonchev–Trinajstić information content (AvgIpc) is 2.36. The molecule has 1 N–H and O–H groups in total. The van der Waals surface area contributed by atoms with Crippen LogP contribution >= 0.6 is 0 Å². The maximum atomic E-state index is 11.9. The Balaban J connectivity index is 3.06. The highest BCUT2D eigenvalue weighted by Gasteiger charge is 2.18. The van der Waals surface area contributed by atoms with Gasteiger partial charge >= 0.3 is 0 Å². The summed E-state index contributed by atoms with van der Waals surface area (Å²) in [7, 11) is -3.74. The Morgan fingerprint density at radius 1 is 1.41 bits per heavy atom. The van der Waals surface area contributed by atoms with Gasteiger partial charge in [0, 0.05) is 0 Å². The van der Waals surface area contributed by atoms with Crippen molar-refractivity contribution in [1.29, 1.82) is 10.5 Å². The zero-order chi connectivity index (χ0) is 12.9. The van der Waals surface area contributed by atoms with Crippen LogP contribution in [0.15, 0.2) is 29.2 Å². The molecule has 1 rings (SSSR count). The Morgan fingerprint density at radius 2 is 2.12 bits per heavy atom. The third-order valence-corrected chi connectivity index (χ3v) is 3.60. The molecule has 0 fully saturated rings. The number of nitrogens with one attached hydrogen (secondary N) is 1. The summed E-state index contributed by atoms with van der Waals surface area (Å²) in [6, 6.07) is 8.61. The van der Waals surface area contributed by atoms with E-state index in [1.54, 1.807) is 6.92 Å². The van der Waals surface area contributed by atoms with Crippen molar-refractivity contribution in [3.8, 4) is 12.1 Å². The van der Waals surface area contributed by atoms with E-state index in [-0.39, 0.29) is 10.5 Å². The molecule has 1 atom stereocenters. The highest BCUT2D eigenvalue weighted by atomic mass is 32.2. The summed E-state index contributed by atoms with van der Waals surface area (Å²) in [5.74, 6) is 0. The number of hydrogen-bond donors (Lipinski definition) is 1. The normalized spacial score (nSPS) is 12.4. The Morgan fingerprint density at radius 3 is 2.65 bits per heavy atom. The number of nitriles is 2. The van der Waals surface area contributed by atoms with E-state index in [0.717, 1.165) is 0 Å². The van der Waals surface area contributed by atoms with Crippen molar-refractivity contribution >= 4 is 10.0 Å². The lowest BCUT2D eigenvalue weighted by Crippen LogP contribution is -2.33. The first-order valence-electron chi connectivity index (χ1n) is 4.95. The smallest absolute Gasteiger partial charge is 0.207 e. The minimum absolute atomic E-state index is 0.00903. The summed E-state index contributed by atoms with van der Waals surface area (Å²) in [6.45, 7) is 1.71. The molecular weight excluding hydrogens is 238 g/mol. The third-order valence-electron chi connectivity index (χ3n) is 2.13. The van der Waals surface area contributed by atoms with Crippen molar-refractivity contribution in [1.82, 2.24) is 4.72 Å². The standard InChI is InChI=1S/C11H11N3O2S/c1-2-10(8-13)14-17(15,16)11-5-3-4-9(6-11)7-12/h3-6,10,14H,2H2,1H3. The lowest BCUT2D eigenvalue weighted by atomic mass is 10.2. The summed E-state index contributed by atoms with van der Waals surface area (Å²) in [5, 5.41) is 17.4. The zero-order valence-electron chi connectivity index (χ0n) is 9.21. The summed E-state index contributed by atoms with van der Waals surface area (Å²) in [5.41, 5.74) is 0.262. The van der Waals surface area contributed by atoms with Crippen LogP contribution in [-0.2, 0) is 10.0 Å². The molecule has 6 heteroatoms. The fourth-order valence-electron chi connectivity index (χ4n) is 1.19. The Bertz CT molecular complexity index is 581. The molecule has 0 saturated heterocycles. The molecule has 1 aromatic carbocycles. The van der Waals surface area contributed by atoms with Crippen molar-refractivity contribution in [2.24, 2.45) is 0 Å². The van der Waals surface area contributed by atoms with E-state index < -0.39 is 16.1 Å². The lowest BCUT2D eigenvalue weighted by Gasteiger charge is -2.09. The second kappa shape index (κ2) is 5.44. The second-order valence-electron chi connectivity index (χ2n) is 3.35. The lowest BCUT2D eigenvalue weighted by molar-refractivity contribution is 0.569. The SMILES string of the molecule is CCC(C#N)NS(=O)(=O)c1cccc(C#N)c1. The molecule has 0 bridgehead atoms. The summed E-state index contributed by atoms with van der Waals surface area (Å²) in [6.07, 6.45) is 0.383. The molecule has 0 spiro atoms. The molecule has 88 valence electrons. The average molecular weight is 249 g/mol.